The van der Waals surface area contributed by atoms with Crippen LogP contribution >= 0.6 is 0 Å². The first-order chi connectivity index (χ1) is 8.81. The second kappa shape index (κ2) is 6.10. The van der Waals surface area contributed by atoms with E-state index in [0.717, 1.165) is 30.4 Å². The minimum absolute atomic E-state index is 0.398. The fourth-order valence-electron chi connectivity index (χ4n) is 2.42. The van der Waals surface area contributed by atoms with Gasteiger partial charge in [-0.05, 0) is 37.8 Å². The first-order valence-corrected chi connectivity index (χ1v) is 6.76. The Morgan fingerprint density at radius 1 is 1.28 bits per heavy atom. The van der Waals surface area contributed by atoms with Gasteiger partial charge in [0.05, 0.1) is 14.2 Å². The molecule has 1 aliphatic rings. The van der Waals surface area contributed by atoms with E-state index in [1.807, 2.05) is 12.1 Å². The Balaban J connectivity index is 2.28. The number of benzene rings is 1. The van der Waals surface area contributed by atoms with Crippen LogP contribution in [-0.2, 0) is 0 Å². The molecule has 1 aliphatic carbocycles. The molecule has 1 unspecified atom stereocenters. The topological polar surface area (TPSA) is 30.5 Å². The van der Waals surface area contributed by atoms with Crippen LogP contribution in [0.5, 0.6) is 11.5 Å². The zero-order valence-corrected chi connectivity index (χ0v) is 11.5. The van der Waals surface area contributed by atoms with E-state index in [4.69, 9.17) is 9.47 Å². The van der Waals surface area contributed by atoms with Gasteiger partial charge in [-0.1, -0.05) is 19.1 Å². The summed E-state index contributed by atoms with van der Waals surface area (Å²) < 4.78 is 10.9. The summed E-state index contributed by atoms with van der Waals surface area (Å²) in [5.41, 5.74) is 1.23. The molecule has 0 saturated heterocycles. The molecule has 18 heavy (non-hydrogen) atoms. The van der Waals surface area contributed by atoms with Gasteiger partial charge >= 0.3 is 0 Å². The molecule has 0 aromatic heterocycles. The largest absolute Gasteiger partial charge is 0.493 e. The molecule has 3 nitrogen and oxygen atoms in total. The van der Waals surface area contributed by atoms with Crippen LogP contribution in [0.2, 0.25) is 0 Å². The monoisotopic (exact) mass is 249 g/mol. The lowest BCUT2D eigenvalue weighted by atomic mass is 10.0. The molecule has 1 aromatic carbocycles. The summed E-state index contributed by atoms with van der Waals surface area (Å²) in [6, 6.07) is 6.54. The molecule has 0 aliphatic heterocycles. The lowest BCUT2D eigenvalue weighted by Gasteiger charge is -2.22. The van der Waals surface area contributed by atoms with E-state index in [1.165, 1.54) is 18.4 Å². The van der Waals surface area contributed by atoms with Crippen LogP contribution < -0.4 is 14.8 Å². The molecule has 1 fully saturated rings. The quantitative estimate of drug-likeness (QED) is 0.805. The summed E-state index contributed by atoms with van der Waals surface area (Å²) in [7, 11) is 3.40. The fraction of sp³-hybridized carbons (Fsp3) is 0.600. The second-order valence-electron chi connectivity index (χ2n) is 4.85. The van der Waals surface area contributed by atoms with Crippen LogP contribution in [-0.4, -0.2) is 20.8 Å². The van der Waals surface area contributed by atoms with Gasteiger partial charge in [0.2, 0.25) is 0 Å². The molecule has 0 heterocycles. The number of nitrogens with one attached hydrogen (secondary N) is 1. The standard InChI is InChI=1S/C15H23NO2/c1-4-10-16-14(11-8-9-11)12-6-5-7-13(17-2)15(12)18-3/h5-7,11,14,16H,4,8-10H2,1-3H3. The first kappa shape index (κ1) is 13.2. The van der Waals surface area contributed by atoms with Crippen LogP contribution in [0.4, 0.5) is 0 Å². The van der Waals surface area contributed by atoms with E-state index in [-0.39, 0.29) is 0 Å². The number of rotatable bonds is 7. The molecule has 1 atom stereocenters. The smallest absolute Gasteiger partial charge is 0.165 e. The summed E-state index contributed by atoms with van der Waals surface area (Å²) in [5.74, 6) is 2.44. The van der Waals surface area contributed by atoms with Crippen molar-refractivity contribution in [2.75, 3.05) is 20.8 Å². The van der Waals surface area contributed by atoms with Crippen LogP contribution in [0.3, 0.4) is 0 Å². The van der Waals surface area contributed by atoms with E-state index in [1.54, 1.807) is 14.2 Å². The number of methoxy groups -OCH3 is 2. The molecule has 1 aromatic rings. The third-order valence-electron chi connectivity index (χ3n) is 3.48. The highest BCUT2D eigenvalue weighted by molar-refractivity contribution is 5.48. The Kier molecular flexibility index (Phi) is 4.48. The fourth-order valence-corrected chi connectivity index (χ4v) is 2.42. The Morgan fingerprint density at radius 2 is 2.06 bits per heavy atom. The molecule has 3 heteroatoms. The van der Waals surface area contributed by atoms with Crippen molar-refractivity contribution < 1.29 is 9.47 Å². The van der Waals surface area contributed by atoms with E-state index < -0.39 is 0 Å². The van der Waals surface area contributed by atoms with Gasteiger partial charge in [-0.2, -0.15) is 0 Å². The van der Waals surface area contributed by atoms with Gasteiger partial charge in [0.15, 0.2) is 11.5 Å². The number of hydrogen-bond acceptors (Lipinski definition) is 3. The average molecular weight is 249 g/mol. The van der Waals surface area contributed by atoms with Crippen LogP contribution in [0.25, 0.3) is 0 Å². The number of ether oxygens (including phenoxy) is 2. The Morgan fingerprint density at radius 3 is 2.61 bits per heavy atom. The summed E-state index contributed by atoms with van der Waals surface area (Å²) >= 11 is 0. The highest BCUT2D eigenvalue weighted by atomic mass is 16.5. The van der Waals surface area contributed by atoms with Crippen molar-refractivity contribution in [1.29, 1.82) is 0 Å². The van der Waals surface area contributed by atoms with Gasteiger partial charge < -0.3 is 14.8 Å². The Labute approximate surface area is 109 Å². The predicted octanol–water partition coefficient (Wildman–Crippen LogP) is 3.15. The van der Waals surface area contributed by atoms with Crippen molar-refractivity contribution in [3.05, 3.63) is 23.8 Å². The van der Waals surface area contributed by atoms with Crippen molar-refractivity contribution in [2.45, 2.75) is 32.2 Å². The molecule has 0 bridgehead atoms. The third-order valence-corrected chi connectivity index (χ3v) is 3.48. The van der Waals surface area contributed by atoms with Crippen molar-refractivity contribution >= 4 is 0 Å². The van der Waals surface area contributed by atoms with Gasteiger partial charge in [-0.15, -0.1) is 0 Å². The first-order valence-electron chi connectivity index (χ1n) is 6.76. The van der Waals surface area contributed by atoms with Crippen molar-refractivity contribution in [2.24, 2.45) is 5.92 Å². The van der Waals surface area contributed by atoms with Gasteiger partial charge in [-0.25, -0.2) is 0 Å². The maximum absolute atomic E-state index is 5.54. The van der Waals surface area contributed by atoms with Gasteiger partial charge in [0.1, 0.15) is 0 Å². The zero-order chi connectivity index (χ0) is 13.0. The van der Waals surface area contributed by atoms with E-state index in [2.05, 4.69) is 18.3 Å². The minimum Gasteiger partial charge on any atom is -0.493 e. The molecule has 0 amide bonds. The van der Waals surface area contributed by atoms with Crippen LogP contribution in [0, 0.1) is 5.92 Å². The molecular formula is C15H23NO2. The average Bonchev–Trinajstić information content (AvgIpc) is 3.23. The molecule has 0 radical (unpaired) electrons. The van der Waals surface area contributed by atoms with Gasteiger partial charge in [-0.3, -0.25) is 0 Å². The lowest BCUT2D eigenvalue weighted by molar-refractivity contribution is 0.343. The summed E-state index contributed by atoms with van der Waals surface area (Å²) in [6.45, 7) is 3.24. The van der Waals surface area contributed by atoms with E-state index in [9.17, 15) is 0 Å². The highest BCUT2D eigenvalue weighted by Crippen LogP contribution is 2.45. The lowest BCUT2D eigenvalue weighted by Crippen LogP contribution is -2.24. The minimum atomic E-state index is 0.398. The van der Waals surface area contributed by atoms with Crippen molar-refractivity contribution in [1.82, 2.24) is 5.32 Å². The normalized spacial score (nSPS) is 16.4. The Bertz CT molecular complexity index is 388. The Hall–Kier alpha value is -1.22. The third kappa shape index (κ3) is 2.78. The number of hydrogen-bond donors (Lipinski definition) is 1. The second-order valence-corrected chi connectivity index (χ2v) is 4.85. The van der Waals surface area contributed by atoms with Crippen molar-refractivity contribution in [3.8, 4) is 11.5 Å². The molecule has 1 N–H and O–H groups in total. The highest BCUT2D eigenvalue weighted by Gasteiger charge is 2.34. The summed E-state index contributed by atoms with van der Waals surface area (Å²) in [4.78, 5) is 0. The summed E-state index contributed by atoms with van der Waals surface area (Å²) in [6.07, 6.45) is 3.76. The van der Waals surface area contributed by atoms with Crippen LogP contribution in [0.15, 0.2) is 18.2 Å². The molecule has 2 rings (SSSR count). The van der Waals surface area contributed by atoms with E-state index in [0.29, 0.717) is 6.04 Å². The maximum Gasteiger partial charge on any atom is 0.165 e. The molecule has 1 saturated carbocycles. The maximum atomic E-state index is 5.54. The SMILES string of the molecule is CCCNC(c1cccc(OC)c1OC)C1CC1. The van der Waals surface area contributed by atoms with Gasteiger partial charge in [0.25, 0.3) is 0 Å². The van der Waals surface area contributed by atoms with E-state index >= 15 is 0 Å². The summed E-state index contributed by atoms with van der Waals surface area (Å²) in [5, 5.41) is 3.64. The number of para-hydroxylation sites is 1. The van der Waals surface area contributed by atoms with Crippen molar-refractivity contribution in [3.63, 3.8) is 0 Å². The molecule has 100 valence electrons. The molecule has 0 spiro atoms. The molecular weight excluding hydrogens is 226 g/mol. The zero-order valence-electron chi connectivity index (χ0n) is 11.5. The predicted molar refractivity (Wildman–Crippen MR) is 73.3 cm³/mol. The van der Waals surface area contributed by atoms with Crippen LogP contribution in [0.1, 0.15) is 37.8 Å². The van der Waals surface area contributed by atoms with Gasteiger partial charge in [0, 0.05) is 11.6 Å².